The van der Waals surface area contributed by atoms with Crippen molar-refractivity contribution in [2.75, 3.05) is 37.8 Å². The molecule has 0 radical (unpaired) electrons. The van der Waals surface area contributed by atoms with Gasteiger partial charge in [0.1, 0.15) is 17.3 Å². The quantitative estimate of drug-likeness (QED) is 0.860. The molecule has 0 bridgehead atoms. The van der Waals surface area contributed by atoms with Gasteiger partial charge in [-0.15, -0.1) is 0 Å². The van der Waals surface area contributed by atoms with Crippen LogP contribution in [0.25, 0.3) is 0 Å². The smallest absolute Gasteiger partial charge is 0.230 e. The summed E-state index contributed by atoms with van der Waals surface area (Å²) in [5.41, 5.74) is 1.28. The summed E-state index contributed by atoms with van der Waals surface area (Å²) in [6, 6.07) is 3.66. The van der Waals surface area contributed by atoms with Crippen LogP contribution in [0, 0.1) is 0 Å². The van der Waals surface area contributed by atoms with Crippen LogP contribution in [-0.4, -0.2) is 47.3 Å². The number of rotatable bonds is 4. The van der Waals surface area contributed by atoms with Crippen LogP contribution in [0.5, 0.6) is 11.5 Å². The first-order chi connectivity index (χ1) is 10.5. The molecule has 0 fully saturated rings. The predicted octanol–water partition coefficient (Wildman–Crippen LogP) is 0.934. The molecule has 1 aromatic carbocycles. The molecule has 1 unspecified atom stereocenters. The molecule has 3 rings (SSSR count). The van der Waals surface area contributed by atoms with Gasteiger partial charge in [-0.2, -0.15) is 0 Å². The van der Waals surface area contributed by atoms with Gasteiger partial charge in [-0.25, -0.2) is 8.42 Å². The molecule has 7 nitrogen and oxygen atoms in total. The molecule has 2 N–H and O–H groups in total. The Labute approximate surface area is 129 Å². The maximum atomic E-state index is 11.6. The topological polar surface area (TPSA) is 89.0 Å². The third-order valence-corrected chi connectivity index (χ3v) is 4.29. The minimum Gasteiger partial charge on any atom is -0.494 e. The molecule has 1 atom stereocenters. The van der Waals surface area contributed by atoms with Gasteiger partial charge in [0.25, 0.3) is 0 Å². The van der Waals surface area contributed by atoms with E-state index in [0.717, 1.165) is 37.2 Å². The highest BCUT2D eigenvalue weighted by atomic mass is 32.2. The van der Waals surface area contributed by atoms with E-state index in [-0.39, 0.29) is 5.92 Å². The summed E-state index contributed by atoms with van der Waals surface area (Å²) in [5, 5.41) is 3.29. The summed E-state index contributed by atoms with van der Waals surface area (Å²) in [4.78, 5) is 4.49. The van der Waals surface area contributed by atoms with Gasteiger partial charge in [-0.1, -0.05) is 6.07 Å². The Balaban J connectivity index is 2.08. The van der Waals surface area contributed by atoms with Crippen LogP contribution in [0.15, 0.2) is 17.1 Å². The number of nitrogens with zero attached hydrogens (tertiary/aromatic N) is 1. The Hall–Kier alpha value is -1.96. The molecule has 22 heavy (non-hydrogen) atoms. The SMILES string of the molecule is COc1ccc2c(c1NS(C)(=O)=O)OCCC2C1=NCCN1. The summed E-state index contributed by atoms with van der Waals surface area (Å²) in [6.07, 6.45) is 1.91. The zero-order valence-electron chi connectivity index (χ0n) is 12.5. The average molecular weight is 325 g/mol. The third kappa shape index (κ3) is 2.83. The van der Waals surface area contributed by atoms with Gasteiger partial charge >= 0.3 is 0 Å². The molecular weight excluding hydrogens is 306 g/mol. The monoisotopic (exact) mass is 325 g/mol. The van der Waals surface area contributed by atoms with Crippen LogP contribution in [0.2, 0.25) is 0 Å². The number of hydrogen-bond donors (Lipinski definition) is 2. The maximum absolute atomic E-state index is 11.6. The van der Waals surface area contributed by atoms with Crippen LogP contribution in [0.4, 0.5) is 5.69 Å². The minimum absolute atomic E-state index is 0.0947. The first-order valence-electron chi connectivity index (χ1n) is 7.09. The summed E-state index contributed by atoms with van der Waals surface area (Å²) in [6.45, 7) is 2.11. The van der Waals surface area contributed by atoms with E-state index in [1.54, 1.807) is 6.07 Å². The van der Waals surface area contributed by atoms with Crippen LogP contribution >= 0.6 is 0 Å². The molecular formula is C14H19N3O4S. The van der Waals surface area contributed by atoms with Crippen molar-refractivity contribution in [1.29, 1.82) is 0 Å². The van der Waals surface area contributed by atoms with E-state index >= 15 is 0 Å². The Morgan fingerprint density at radius 1 is 1.45 bits per heavy atom. The number of fused-ring (bicyclic) bond motifs is 1. The van der Waals surface area contributed by atoms with Crippen LogP contribution in [-0.2, 0) is 10.0 Å². The van der Waals surface area contributed by atoms with Crippen LogP contribution in [0.3, 0.4) is 0 Å². The summed E-state index contributed by atoms with van der Waals surface area (Å²) >= 11 is 0. The molecule has 0 saturated carbocycles. The number of sulfonamides is 1. The van der Waals surface area contributed by atoms with Crippen molar-refractivity contribution in [3.05, 3.63) is 17.7 Å². The zero-order chi connectivity index (χ0) is 15.7. The lowest BCUT2D eigenvalue weighted by Crippen LogP contribution is -2.30. The van der Waals surface area contributed by atoms with Gasteiger partial charge in [0, 0.05) is 18.0 Å². The number of hydrogen-bond acceptors (Lipinski definition) is 6. The van der Waals surface area contributed by atoms with Crippen molar-refractivity contribution in [2.45, 2.75) is 12.3 Å². The fourth-order valence-corrected chi connectivity index (χ4v) is 3.39. The molecule has 2 aliphatic rings. The summed E-state index contributed by atoms with van der Waals surface area (Å²) in [7, 11) is -1.94. The second-order valence-electron chi connectivity index (χ2n) is 5.32. The first-order valence-corrected chi connectivity index (χ1v) is 8.98. The van der Waals surface area contributed by atoms with Crippen LogP contribution < -0.4 is 19.5 Å². The summed E-state index contributed by atoms with van der Waals surface area (Å²) < 4.78 is 36.8. The molecule has 8 heteroatoms. The number of anilines is 1. The molecule has 0 amide bonds. The number of methoxy groups -OCH3 is 1. The van der Waals surface area contributed by atoms with Crippen molar-refractivity contribution < 1.29 is 17.9 Å². The molecule has 0 aromatic heterocycles. The van der Waals surface area contributed by atoms with E-state index in [9.17, 15) is 8.42 Å². The van der Waals surface area contributed by atoms with E-state index in [2.05, 4.69) is 15.0 Å². The van der Waals surface area contributed by atoms with E-state index in [1.807, 2.05) is 6.07 Å². The number of benzene rings is 1. The van der Waals surface area contributed by atoms with Crippen molar-refractivity contribution >= 4 is 21.5 Å². The van der Waals surface area contributed by atoms with Crippen molar-refractivity contribution in [2.24, 2.45) is 4.99 Å². The molecule has 2 aliphatic heterocycles. The number of amidine groups is 1. The fourth-order valence-electron chi connectivity index (χ4n) is 2.83. The standard InChI is InChI=1S/C14H19N3O4S/c1-20-11-4-3-9-10(14-15-6-7-16-14)5-8-21-13(9)12(11)17-22(2,18)19/h3-4,10,17H,5-8H2,1-2H3,(H,15,16). The predicted molar refractivity (Wildman–Crippen MR) is 84.6 cm³/mol. The Kier molecular flexibility index (Phi) is 3.86. The highest BCUT2D eigenvalue weighted by molar-refractivity contribution is 7.92. The van der Waals surface area contributed by atoms with Gasteiger partial charge in [-0.05, 0) is 12.5 Å². The van der Waals surface area contributed by atoms with Crippen molar-refractivity contribution in [1.82, 2.24) is 5.32 Å². The molecule has 1 aromatic rings. The van der Waals surface area contributed by atoms with Crippen molar-refractivity contribution in [3.8, 4) is 11.5 Å². The Morgan fingerprint density at radius 2 is 2.27 bits per heavy atom. The van der Waals surface area contributed by atoms with E-state index in [1.165, 1.54) is 7.11 Å². The highest BCUT2D eigenvalue weighted by Gasteiger charge is 2.31. The third-order valence-electron chi connectivity index (χ3n) is 3.72. The van der Waals surface area contributed by atoms with E-state index in [0.29, 0.717) is 23.8 Å². The maximum Gasteiger partial charge on any atom is 0.230 e. The lowest BCUT2D eigenvalue weighted by atomic mass is 9.91. The fraction of sp³-hybridized carbons (Fsp3) is 0.500. The first kappa shape index (κ1) is 15.0. The van der Waals surface area contributed by atoms with Gasteiger partial charge in [0.2, 0.25) is 10.0 Å². The second-order valence-corrected chi connectivity index (χ2v) is 7.07. The number of ether oxygens (including phenoxy) is 2. The average Bonchev–Trinajstić information content (AvgIpc) is 2.99. The van der Waals surface area contributed by atoms with Gasteiger partial charge in [0.15, 0.2) is 5.75 Å². The summed E-state index contributed by atoms with van der Waals surface area (Å²) in [5.74, 6) is 2.00. The van der Waals surface area contributed by atoms with Gasteiger partial charge in [0.05, 0.1) is 26.5 Å². The van der Waals surface area contributed by atoms with E-state index in [4.69, 9.17) is 9.47 Å². The number of nitrogens with one attached hydrogen (secondary N) is 2. The van der Waals surface area contributed by atoms with Gasteiger partial charge in [-0.3, -0.25) is 9.71 Å². The second kappa shape index (κ2) is 5.68. The normalized spacial score (nSPS) is 20.5. The Bertz CT molecular complexity index is 715. The van der Waals surface area contributed by atoms with Gasteiger partial charge < -0.3 is 14.8 Å². The van der Waals surface area contributed by atoms with E-state index < -0.39 is 10.0 Å². The zero-order valence-corrected chi connectivity index (χ0v) is 13.4. The molecule has 0 saturated heterocycles. The number of aliphatic imine (C=N–C) groups is 1. The lowest BCUT2D eigenvalue weighted by molar-refractivity contribution is 0.281. The van der Waals surface area contributed by atoms with Crippen molar-refractivity contribution in [3.63, 3.8) is 0 Å². The largest absolute Gasteiger partial charge is 0.494 e. The molecule has 2 heterocycles. The minimum atomic E-state index is -3.44. The highest BCUT2D eigenvalue weighted by Crippen LogP contribution is 2.45. The molecule has 0 spiro atoms. The lowest BCUT2D eigenvalue weighted by Gasteiger charge is -2.28. The van der Waals surface area contributed by atoms with Crippen LogP contribution in [0.1, 0.15) is 17.9 Å². The molecule has 120 valence electrons. The Morgan fingerprint density at radius 3 is 2.91 bits per heavy atom. The molecule has 0 aliphatic carbocycles.